The predicted molar refractivity (Wildman–Crippen MR) is 59.5 cm³/mol. The highest BCUT2D eigenvalue weighted by atomic mass is 14.7. The molecule has 0 unspecified atom stereocenters. The summed E-state index contributed by atoms with van der Waals surface area (Å²) in [6.07, 6.45) is 3.81. The van der Waals surface area contributed by atoms with Gasteiger partial charge in [0.25, 0.3) is 0 Å². The van der Waals surface area contributed by atoms with Crippen molar-refractivity contribution < 1.29 is 0 Å². The van der Waals surface area contributed by atoms with E-state index >= 15 is 0 Å². The summed E-state index contributed by atoms with van der Waals surface area (Å²) in [5.74, 6) is 0.849. The molecule has 1 aromatic carbocycles. The highest BCUT2D eigenvalue weighted by Crippen LogP contribution is 2.31. The Morgan fingerprint density at radius 1 is 1.29 bits per heavy atom. The molecule has 1 N–H and O–H groups in total. The summed E-state index contributed by atoms with van der Waals surface area (Å²) < 4.78 is 0. The number of aromatic amines is 1. The third kappa shape index (κ3) is 1.08. The Hall–Kier alpha value is -1.24. The first-order chi connectivity index (χ1) is 6.84. The van der Waals surface area contributed by atoms with E-state index in [1.165, 1.54) is 35.9 Å². The summed E-state index contributed by atoms with van der Waals surface area (Å²) in [5, 5.41) is 1.44. The molecule has 2 aromatic rings. The molecule has 0 aliphatic heterocycles. The van der Waals surface area contributed by atoms with Gasteiger partial charge in [0.2, 0.25) is 0 Å². The van der Waals surface area contributed by atoms with Crippen molar-refractivity contribution in [2.24, 2.45) is 5.92 Å². The number of aromatic nitrogens is 1. The molecule has 1 nitrogen and oxygen atoms in total. The Bertz CT molecular complexity index is 467. The number of hydrogen-bond acceptors (Lipinski definition) is 0. The van der Waals surface area contributed by atoms with E-state index in [9.17, 15) is 0 Å². The molecule has 0 saturated heterocycles. The Labute approximate surface area is 84.1 Å². The zero-order valence-corrected chi connectivity index (χ0v) is 8.51. The highest BCUT2D eigenvalue weighted by Gasteiger charge is 2.18. The maximum atomic E-state index is 3.54. The Kier molecular flexibility index (Phi) is 1.66. The van der Waals surface area contributed by atoms with Gasteiger partial charge < -0.3 is 4.98 Å². The average Bonchev–Trinajstić information content (AvgIpc) is 2.56. The lowest BCUT2D eigenvalue weighted by molar-refractivity contribution is 0.499. The number of benzene rings is 1. The van der Waals surface area contributed by atoms with Gasteiger partial charge in [-0.05, 0) is 36.8 Å². The first kappa shape index (κ1) is 8.10. The van der Waals surface area contributed by atoms with E-state index in [0.717, 1.165) is 5.92 Å². The van der Waals surface area contributed by atoms with E-state index in [1.807, 2.05) is 0 Å². The fourth-order valence-electron chi connectivity index (χ4n) is 2.54. The van der Waals surface area contributed by atoms with Crippen molar-refractivity contribution in [1.29, 1.82) is 0 Å². The van der Waals surface area contributed by atoms with Crippen LogP contribution in [-0.2, 0) is 12.8 Å². The molecule has 72 valence electrons. The average molecular weight is 185 g/mol. The Morgan fingerprint density at radius 2 is 2.14 bits per heavy atom. The smallest absolute Gasteiger partial charge is 0.0458 e. The summed E-state index contributed by atoms with van der Waals surface area (Å²) in [4.78, 5) is 3.54. The molecule has 14 heavy (non-hydrogen) atoms. The van der Waals surface area contributed by atoms with Crippen LogP contribution in [0.1, 0.15) is 24.6 Å². The minimum Gasteiger partial charge on any atom is -0.358 e. The number of fused-ring (bicyclic) bond motifs is 3. The van der Waals surface area contributed by atoms with Gasteiger partial charge in [0.1, 0.15) is 0 Å². The molecule has 3 rings (SSSR count). The van der Waals surface area contributed by atoms with Crippen LogP contribution in [0.25, 0.3) is 10.9 Å². The lowest BCUT2D eigenvalue weighted by Gasteiger charge is -2.17. The number of nitrogens with one attached hydrogen (secondary N) is 1. The van der Waals surface area contributed by atoms with Crippen LogP contribution in [0.15, 0.2) is 24.3 Å². The molecule has 0 saturated carbocycles. The van der Waals surface area contributed by atoms with Crippen LogP contribution in [-0.4, -0.2) is 4.98 Å². The molecule has 1 aliphatic rings. The molecule has 1 heteroatoms. The molecular formula is C13H15N. The number of H-pyrrole nitrogens is 1. The molecule has 1 aliphatic carbocycles. The zero-order valence-electron chi connectivity index (χ0n) is 8.51. The van der Waals surface area contributed by atoms with E-state index in [2.05, 4.69) is 36.2 Å². The van der Waals surface area contributed by atoms with Gasteiger partial charge in [-0.1, -0.05) is 25.1 Å². The third-order valence-corrected chi connectivity index (χ3v) is 3.34. The normalized spacial score (nSPS) is 21.1. The minimum absolute atomic E-state index is 0.849. The predicted octanol–water partition coefficient (Wildman–Crippen LogP) is 3.29. The topological polar surface area (TPSA) is 15.8 Å². The number of aryl methyl sites for hydroxylation is 1. The van der Waals surface area contributed by atoms with Crippen molar-refractivity contribution in [2.75, 3.05) is 0 Å². The number of rotatable bonds is 0. The fourth-order valence-corrected chi connectivity index (χ4v) is 2.54. The zero-order chi connectivity index (χ0) is 9.54. The van der Waals surface area contributed by atoms with Crippen molar-refractivity contribution in [1.82, 2.24) is 4.98 Å². The molecule has 0 amide bonds. The van der Waals surface area contributed by atoms with E-state index in [-0.39, 0.29) is 0 Å². The van der Waals surface area contributed by atoms with Crippen LogP contribution < -0.4 is 0 Å². The van der Waals surface area contributed by atoms with Gasteiger partial charge in [0.05, 0.1) is 0 Å². The second kappa shape index (κ2) is 2.88. The number of hydrogen-bond donors (Lipinski definition) is 1. The van der Waals surface area contributed by atoms with Crippen molar-refractivity contribution >= 4 is 10.9 Å². The second-order valence-corrected chi connectivity index (χ2v) is 4.48. The SMILES string of the molecule is C[C@H]1CCc2[nH]c3ccccc3c2C1. The summed E-state index contributed by atoms with van der Waals surface area (Å²) in [5.41, 5.74) is 4.36. The summed E-state index contributed by atoms with van der Waals surface area (Å²) in [6, 6.07) is 8.66. The molecular weight excluding hydrogens is 170 g/mol. The van der Waals surface area contributed by atoms with Crippen molar-refractivity contribution in [3.8, 4) is 0 Å². The van der Waals surface area contributed by atoms with Gasteiger partial charge in [-0.3, -0.25) is 0 Å². The van der Waals surface area contributed by atoms with Gasteiger partial charge in [0, 0.05) is 16.6 Å². The summed E-state index contributed by atoms with van der Waals surface area (Å²) >= 11 is 0. The minimum atomic E-state index is 0.849. The molecule has 0 bridgehead atoms. The lowest BCUT2D eigenvalue weighted by Crippen LogP contribution is -2.09. The first-order valence-electron chi connectivity index (χ1n) is 5.43. The first-order valence-corrected chi connectivity index (χ1v) is 5.43. The van der Waals surface area contributed by atoms with Gasteiger partial charge in [0.15, 0.2) is 0 Å². The van der Waals surface area contributed by atoms with E-state index in [1.54, 1.807) is 5.56 Å². The standard InChI is InChI=1S/C13H15N/c1-9-6-7-13-11(8-9)10-4-2-3-5-12(10)14-13/h2-5,9,14H,6-8H2,1H3/t9-/m0/s1. The molecule has 0 spiro atoms. The second-order valence-electron chi connectivity index (χ2n) is 4.48. The van der Waals surface area contributed by atoms with Crippen molar-refractivity contribution in [2.45, 2.75) is 26.2 Å². The molecule has 0 fully saturated rings. The van der Waals surface area contributed by atoms with Crippen LogP contribution in [0.2, 0.25) is 0 Å². The lowest BCUT2D eigenvalue weighted by atomic mass is 9.88. The number of para-hydroxylation sites is 1. The van der Waals surface area contributed by atoms with Crippen LogP contribution >= 0.6 is 0 Å². The highest BCUT2D eigenvalue weighted by molar-refractivity contribution is 5.84. The van der Waals surface area contributed by atoms with Crippen molar-refractivity contribution in [3.05, 3.63) is 35.5 Å². The van der Waals surface area contributed by atoms with Crippen LogP contribution in [0.5, 0.6) is 0 Å². The van der Waals surface area contributed by atoms with Crippen LogP contribution in [0, 0.1) is 5.92 Å². The molecule has 1 aromatic heterocycles. The molecule has 1 heterocycles. The van der Waals surface area contributed by atoms with E-state index < -0.39 is 0 Å². The van der Waals surface area contributed by atoms with E-state index in [0.29, 0.717) is 0 Å². The molecule has 0 radical (unpaired) electrons. The molecule has 1 atom stereocenters. The van der Waals surface area contributed by atoms with E-state index in [4.69, 9.17) is 0 Å². The Balaban J connectivity index is 2.25. The van der Waals surface area contributed by atoms with Gasteiger partial charge >= 0.3 is 0 Å². The maximum Gasteiger partial charge on any atom is 0.0458 e. The van der Waals surface area contributed by atoms with Gasteiger partial charge in [-0.15, -0.1) is 0 Å². The summed E-state index contributed by atoms with van der Waals surface area (Å²) in [6.45, 7) is 2.35. The summed E-state index contributed by atoms with van der Waals surface area (Å²) in [7, 11) is 0. The van der Waals surface area contributed by atoms with Crippen LogP contribution in [0.3, 0.4) is 0 Å². The van der Waals surface area contributed by atoms with Gasteiger partial charge in [-0.25, -0.2) is 0 Å². The quantitative estimate of drug-likeness (QED) is 0.648. The van der Waals surface area contributed by atoms with Crippen molar-refractivity contribution in [3.63, 3.8) is 0 Å². The fraction of sp³-hybridized carbons (Fsp3) is 0.385. The third-order valence-electron chi connectivity index (χ3n) is 3.34. The monoisotopic (exact) mass is 185 g/mol. The van der Waals surface area contributed by atoms with Crippen LogP contribution in [0.4, 0.5) is 0 Å². The largest absolute Gasteiger partial charge is 0.358 e. The maximum absolute atomic E-state index is 3.54. The Morgan fingerprint density at radius 3 is 3.07 bits per heavy atom. The van der Waals surface area contributed by atoms with Gasteiger partial charge in [-0.2, -0.15) is 0 Å².